The van der Waals surface area contributed by atoms with Crippen LogP contribution in [-0.4, -0.2) is 57.6 Å². The monoisotopic (exact) mass is 534 g/mol. The number of pyridine rings is 1. The molecule has 30 heavy (non-hydrogen) atoms. The summed E-state index contributed by atoms with van der Waals surface area (Å²) >= 11 is 0. The van der Waals surface area contributed by atoms with Crippen LogP contribution in [0, 0.1) is 5.41 Å². The molecule has 172 valence electrons. The highest BCUT2D eigenvalue weighted by Crippen LogP contribution is 2.40. The zero-order chi connectivity index (χ0) is 20.8. The van der Waals surface area contributed by atoms with E-state index in [1.165, 1.54) is 25.7 Å². The number of nitrogens with zero attached hydrogens (tertiary/aromatic N) is 2. The fraction of sp³-hybridized carbons (Fsp3) is 0.727. The van der Waals surface area contributed by atoms with E-state index >= 15 is 0 Å². The van der Waals surface area contributed by atoms with E-state index in [4.69, 9.17) is 19.2 Å². The molecule has 1 aromatic heterocycles. The highest BCUT2D eigenvalue weighted by atomic mass is 127. The van der Waals surface area contributed by atoms with Crippen molar-refractivity contribution < 1.29 is 14.2 Å². The van der Waals surface area contributed by atoms with Gasteiger partial charge in [-0.3, -0.25) is 0 Å². The van der Waals surface area contributed by atoms with E-state index in [0.717, 1.165) is 44.2 Å². The Balaban J connectivity index is 0.00000450. The van der Waals surface area contributed by atoms with E-state index in [2.05, 4.69) is 29.5 Å². The average Bonchev–Trinajstić information content (AvgIpc) is 3.20. The highest BCUT2D eigenvalue weighted by Gasteiger charge is 2.33. The zero-order valence-electron chi connectivity index (χ0n) is 18.7. The van der Waals surface area contributed by atoms with Crippen LogP contribution in [0.25, 0.3) is 0 Å². The van der Waals surface area contributed by atoms with Crippen LogP contribution >= 0.6 is 24.0 Å². The summed E-state index contributed by atoms with van der Waals surface area (Å²) in [6, 6.07) is 3.92. The number of aliphatic imine (C=N–C) groups is 1. The first kappa shape index (κ1) is 26.9. The van der Waals surface area contributed by atoms with Gasteiger partial charge in [-0.2, -0.15) is 0 Å². The van der Waals surface area contributed by atoms with Crippen LogP contribution in [0.4, 0.5) is 0 Å². The van der Waals surface area contributed by atoms with Gasteiger partial charge in [0.1, 0.15) is 6.61 Å². The topological polar surface area (TPSA) is 77.0 Å². The summed E-state index contributed by atoms with van der Waals surface area (Å²) in [6.07, 6.45) is 7.96. The molecule has 0 aliphatic heterocycles. The lowest BCUT2D eigenvalue weighted by molar-refractivity contribution is 0.105. The minimum Gasteiger partial charge on any atom is -0.475 e. The van der Waals surface area contributed by atoms with Gasteiger partial charge < -0.3 is 24.8 Å². The average molecular weight is 534 g/mol. The molecule has 2 rings (SSSR count). The van der Waals surface area contributed by atoms with Crippen molar-refractivity contribution in [2.24, 2.45) is 10.4 Å². The number of rotatable bonds is 13. The summed E-state index contributed by atoms with van der Waals surface area (Å²) in [7, 11) is 1.66. The number of halogens is 1. The summed E-state index contributed by atoms with van der Waals surface area (Å²) in [5, 5.41) is 6.93. The molecule has 1 aliphatic rings. The van der Waals surface area contributed by atoms with Gasteiger partial charge in [0.2, 0.25) is 5.88 Å². The Morgan fingerprint density at radius 1 is 1.17 bits per heavy atom. The third-order valence-corrected chi connectivity index (χ3v) is 5.40. The molecule has 1 aliphatic carbocycles. The summed E-state index contributed by atoms with van der Waals surface area (Å²) < 4.78 is 16.4. The summed E-state index contributed by atoms with van der Waals surface area (Å²) in [5.74, 6) is 1.45. The number of hydrogen-bond donors (Lipinski definition) is 2. The Morgan fingerprint density at radius 2 is 1.97 bits per heavy atom. The molecule has 0 unspecified atom stereocenters. The maximum absolute atomic E-state index is 5.72. The molecule has 0 atom stereocenters. The van der Waals surface area contributed by atoms with Crippen molar-refractivity contribution in [1.29, 1.82) is 0 Å². The molecule has 7 nitrogen and oxygen atoms in total. The van der Waals surface area contributed by atoms with Gasteiger partial charge in [0.25, 0.3) is 0 Å². The molecule has 1 saturated carbocycles. The molecule has 0 bridgehead atoms. The molecule has 0 aromatic carbocycles. The molecule has 1 aromatic rings. The predicted octanol–water partition coefficient (Wildman–Crippen LogP) is 3.77. The first-order valence-corrected chi connectivity index (χ1v) is 10.9. The van der Waals surface area contributed by atoms with Gasteiger partial charge in [0.05, 0.1) is 13.2 Å². The van der Waals surface area contributed by atoms with Crippen LogP contribution in [0.2, 0.25) is 0 Å². The first-order valence-electron chi connectivity index (χ1n) is 10.9. The maximum atomic E-state index is 5.72. The third-order valence-electron chi connectivity index (χ3n) is 5.40. The van der Waals surface area contributed by atoms with Crippen molar-refractivity contribution in [3.8, 4) is 5.88 Å². The predicted molar refractivity (Wildman–Crippen MR) is 132 cm³/mol. The molecular weight excluding hydrogens is 495 g/mol. The smallest absolute Gasteiger partial charge is 0.218 e. The van der Waals surface area contributed by atoms with E-state index < -0.39 is 0 Å². The van der Waals surface area contributed by atoms with E-state index in [1.54, 1.807) is 13.3 Å². The Hall–Kier alpha value is -1.13. The Labute approximate surface area is 198 Å². The van der Waals surface area contributed by atoms with Crippen LogP contribution in [0.3, 0.4) is 0 Å². The van der Waals surface area contributed by atoms with Crippen molar-refractivity contribution in [3.05, 3.63) is 23.9 Å². The molecule has 0 saturated heterocycles. The number of hydrogen-bond acceptors (Lipinski definition) is 5. The standard InChI is InChI=1S/C22H38N4O3.HI/c1-4-23-21(26-18-22(10-6-7-11-22)12-14-28-5-2)25-17-19-9-8-13-24-20(19)29-16-15-27-3;/h8-9,13H,4-7,10-12,14-18H2,1-3H3,(H2,23,25,26);1H. The van der Waals surface area contributed by atoms with Crippen LogP contribution < -0.4 is 15.4 Å². The van der Waals surface area contributed by atoms with Crippen LogP contribution in [0.5, 0.6) is 5.88 Å². The van der Waals surface area contributed by atoms with E-state index in [-0.39, 0.29) is 24.0 Å². The van der Waals surface area contributed by atoms with Gasteiger partial charge >= 0.3 is 0 Å². The largest absolute Gasteiger partial charge is 0.475 e. The molecule has 1 fully saturated rings. The van der Waals surface area contributed by atoms with Crippen molar-refractivity contribution in [2.45, 2.75) is 52.5 Å². The van der Waals surface area contributed by atoms with Crippen molar-refractivity contribution in [3.63, 3.8) is 0 Å². The fourth-order valence-electron chi connectivity index (χ4n) is 3.75. The highest BCUT2D eigenvalue weighted by molar-refractivity contribution is 14.0. The SMILES string of the molecule is CCNC(=NCc1cccnc1OCCOC)NCC1(CCOCC)CCCC1.I. The lowest BCUT2D eigenvalue weighted by Crippen LogP contribution is -2.43. The lowest BCUT2D eigenvalue weighted by atomic mass is 9.83. The van der Waals surface area contributed by atoms with Gasteiger partial charge in [-0.1, -0.05) is 18.9 Å². The third kappa shape index (κ3) is 9.34. The molecule has 0 amide bonds. The normalized spacial score (nSPS) is 15.5. The maximum Gasteiger partial charge on any atom is 0.218 e. The van der Waals surface area contributed by atoms with E-state index in [0.29, 0.717) is 31.1 Å². The number of nitrogens with one attached hydrogen (secondary N) is 2. The van der Waals surface area contributed by atoms with Gasteiger partial charge in [0, 0.05) is 45.2 Å². The molecule has 8 heteroatoms. The summed E-state index contributed by atoms with van der Waals surface area (Å²) in [4.78, 5) is 9.11. The Kier molecular flexibility index (Phi) is 14.0. The number of aromatic nitrogens is 1. The number of methoxy groups -OCH3 is 1. The second-order valence-corrected chi connectivity index (χ2v) is 7.51. The van der Waals surface area contributed by atoms with Crippen molar-refractivity contribution >= 4 is 29.9 Å². The number of ether oxygens (including phenoxy) is 3. The van der Waals surface area contributed by atoms with Crippen molar-refractivity contribution in [2.75, 3.05) is 46.6 Å². The lowest BCUT2D eigenvalue weighted by Gasteiger charge is -2.30. The molecule has 2 N–H and O–H groups in total. The van der Waals surface area contributed by atoms with Crippen molar-refractivity contribution in [1.82, 2.24) is 15.6 Å². The molecular formula is C22H39IN4O3. The Bertz CT molecular complexity index is 610. The van der Waals surface area contributed by atoms with Gasteiger partial charge in [0.15, 0.2) is 5.96 Å². The summed E-state index contributed by atoms with van der Waals surface area (Å²) in [5.41, 5.74) is 1.28. The second-order valence-electron chi connectivity index (χ2n) is 7.51. The zero-order valence-corrected chi connectivity index (χ0v) is 21.1. The van der Waals surface area contributed by atoms with E-state index in [9.17, 15) is 0 Å². The molecule has 1 heterocycles. The van der Waals surface area contributed by atoms with E-state index in [1.807, 2.05) is 12.1 Å². The molecule has 0 radical (unpaired) electrons. The molecule has 0 spiro atoms. The van der Waals surface area contributed by atoms with Gasteiger partial charge in [-0.05, 0) is 44.6 Å². The van der Waals surface area contributed by atoms with Crippen LogP contribution in [-0.2, 0) is 16.0 Å². The summed E-state index contributed by atoms with van der Waals surface area (Å²) in [6.45, 7) is 9.03. The second kappa shape index (κ2) is 15.6. The fourth-order valence-corrected chi connectivity index (χ4v) is 3.75. The van der Waals surface area contributed by atoms with Crippen LogP contribution in [0.1, 0.15) is 51.5 Å². The van der Waals surface area contributed by atoms with Gasteiger partial charge in [-0.15, -0.1) is 24.0 Å². The minimum absolute atomic E-state index is 0. The van der Waals surface area contributed by atoms with Crippen LogP contribution in [0.15, 0.2) is 23.3 Å². The first-order chi connectivity index (χ1) is 14.2. The minimum atomic E-state index is 0. The number of guanidine groups is 1. The quantitative estimate of drug-likeness (QED) is 0.174. The van der Waals surface area contributed by atoms with Gasteiger partial charge in [-0.25, -0.2) is 9.98 Å². The Morgan fingerprint density at radius 3 is 2.67 bits per heavy atom.